The number of ether oxygens (including phenoxy) is 7. The van der Waals surface area contributed by atoms with Crippen LogP contribution in [-0.2, 0) is 0 Å². The molecule has 0 amide bonds. The van der Waals surface area contributed by atoms with Gasteiger partial charge < -0.3 is 74.0 Å². The molecule has 8 N–H and O–H groups in total. The predicted octanol–water partition coefficient (Wildman–Crippen LogP) is 13.8. The minimum Gasteiger partial charge on any atom is -0.508 e. The van der Waals surface area contributed by atoms with Gasteiger partial charge in [-0.3, -0.25) is 30.3 Å². The van der Waals surface area contributed by atoms with Crippen LogP contribution in [0, 0.1) is 85.7 Å². The largest absolute Gasteiger partial charge is 0.508 e. The first-order chi connectivity index (χ1) is 41.4. The molecule has 0 saturated heterocycles. The zero-order valence-corrected chi connectivity index (χ0v) is 51.6. The van der Waals surface area contributed by atoms with Crippen molar-refractivity contribution >= 4 is 17.1 Å². The smallest absolute Gasteiger partial charge is 0.317 e. The second-order valence-corrected chi connectivity index (χ2v) is 18.5. The predicted molar refractivity (Wildman–Crippen MR) is 333 cm³/mol. The van der Waals surface area contributed by atoms with Crippen molar-refractivity contribution in [3.8, 4) is 86.2 Å². The molecule has 0 spiro atoms. The molecule has 0 aromatic heterocycles. The van der Waals surface area contributed by atoms with Gasteiger partial charge in [-0.05, 0) is 175 Å². The number of phenols is 8. The summed E-state index contributed by atoms with van der Waals surface area (Å²) in [4.78, 5) is 29.4. The summed E-state index contributed by atoms with van der Waals surface area (Å²) in [5.74, 6) is 2.77. The highest BCUT2D eigenvalue weighted by Crippen LogP contribution is 2.39. The number of rotatable bonds is 11. The normalized spacial score (nSPS) is 9.53. The van der Waals surface area contributed by atoms with Crippen LogP contribution >= 0.6 is 0 Å². The van der Waals surface area contributed by atoms with Crippen LogP contribution < -0.4 is 33.2 Å². The Hall–Kier alpha value is -11.0. The van der Waals surface area contributed by atoms with E-state index in [4.69, 9.17) is 53.6 Å². The SMILES string of the molecule is CCOc1cc(C)ccc1O.COc1c(O)ccc(C)c1[N+](=O)[O-].COc1cc(C)cc(OC)c1O.COc1cc(C)cc([N+](=O)[O-])c1O.COc1cc(C)ccc1O.COc1cc(O)ccc1C.Cc1ccc(O)c([N+](=O)[O-])c1.Cc1ccc(O)cc1. The Bertz CT molecular complexity index is 3420. The molecule has 0 aliphatic carbocycles. The van der Waals surface area contributed by atoms with Crippen LogP contribution in [0.15, 0.2) is 133 Å². The average molecular weight is 1220 g/mol. The van der Waals surface area contributed by atoms with Gasteiger partial charge in [0.25, 0.3) is 0 Å². The van der Waals surface area contributed by atoms with Gasteiger partial charge in [0.1, 0.15) is 17.2 Å². The number of benzene rings is 8. The number of nitro benzene ring substituents is 3. The fraction of sp³-hybridized carbons (Fsp3) is 0.250. The first-order valence-electron chi connectivity index (χ1n) is 26.2. The van der Waals surface area contributed by atoms with Gasteiger partial charge in [-0.1, -0.05) is 42.0 Å². The van der Waals surface area contributed by atoms with Gasteiger partial charge in [0.05, 0.1) is 64.0 Å². The molecule has 0 atom stereocenters. The Kier molecular flexibility index (Phi) is 32.4. The third-order valence-corrected chi connectivity index (χ3v) is 11.4. The third-order valence-electron chi connectivity index (χ3n) is 11.4. The van der Waals surface area contributed by atoms with Crippen LogP contribution in [0.3, 0.4) is 0 Å². The summed E-state index contributed by atoms with van der Waals surface area (Å²) in [6.45, 7) is 17.2. The molecule has 24 heteroatoms. The minimum absolute atomic E-state index is 0.0469. The molecular weight excluding hydrogens is 1150 g/mol. The van der Waals surface area contributed by atoms with Crippen molar-refractivity contribution in [2.75, 3.05) is 49.3 Å². The fourth-order valence-electron chi connectivity index (χ4n) is 6.94. The van der Waals surface area contributed by atoms with Gasteiger partial charge in [0.2, 0.25) is 17.2 Å². The number of hydrogen-bond donors (Lipinski definition) is 8. The molecule has 474 valence electrons. The van der Waals surface area contributed by atoms with Crippen molar-refractivity contribution in [3.05, 3.63) is 208 Å². The summed E-state index contributed by atoms with van der Waals surface area (Å²) in [7, 11) is 8.76. The van der Waals surface area contributed by atoms with Crippen molar-refractivity contribution in [2.45, 2.75) is 62.3 Å². The molecule has 8 aromatic rings. The first-order valence-corrected chi connectivity index (χ1v) is 26.2. The molecule has 0 saturated carbocycles. The summed E-state index contributed by atoms with van der Waals surface area (Å²) in [6, 6.07) is 36.1. The molecule has 0 aliphatic rings. The molecule has 0 heterocycles. The maximum Gasteiger partial charge on any atom is 0.317 e. The molecular formula is C64H77N3O21. The van der Waals surface area contributed by atoms with Crippen LogP contribution in [-0.4, -0.2) is 105 Å². The Labute approximate surface area is 510 Å². The summed E-state index contributed by atoms with van der Waals surface area (Å²) in [5.41, 5.74) is 6.46. The summed E-state index contributed by atoms with van der Waals surface area (Å²) >= 11 is 0. The van der Waals surface area contributed by atoms with E-state index in [9.17, 15) is 50.8 Å². The Morgan fingerprint density at radius 1 is 0.341 bits per heavy atom. The fourth-order valence-corrected chi connectivity index (χ4v) is 6.94. The van der Waals surface area contributed by atoms with Crippen LogP contribution in [0.25, 0.3) is 0 Å². The zero-order valence-electron chi connectivity index (χ0n) is 51.6. The van der Waals surface area contributed by atoms with E-state index in [1.807, 2.05) is 77.9 Å². The third kappa shape index (κ3) is 25.4. The maximum atomic E-state index is 10.6. The van der Waals surface area contributed by atoms with Crippen LogP contribution in [0.2, 0.25) is 0 Å². The maximum absolute atomic E-state index is 10.6. The Morgan fingerprint density at radius 3 is 1.11 bits per heavy atom. The molecule has 88 heavy (non-hydrogen) atoms. The number of aromatic hydroxyl groups is 8. The van der Waals surface area contributed by atoms with Crippen LogP contribution in [0.5, 0.6) is 86.2 Å². The number of hydrogen-bond acceptors (Lipinski definition) is 21. The molecule has 0 aliphatic heterocycles. The topological polar surface area (TPSA) is 356 Å². The molecule has 0 radical (unpaired) electrons. The molecule has 8 aromatic carbocycles. The number of phenolic OH excluding ortho intramolecular Hbond substituents is 8. The lowest BCUT2D eigenvalue weighted by molar-refractivity contribution is -0.386. The van der Waals surface area contributed by atoms with Crippen molar-refractivity contribution in [2.24, 2.45) is 0 Å². The van der Waals surface area contributed by atoms with Crippen molar-refractivity contribution in [1.82, 2.24) is 0 Å². The Balaban J connectivity index is 0.000000505. The highest BCUT2D eigenvalue weighted by Gasteiger charge is 2.22. The van der Waals surface area contributed by atoms with Crippen molar-refractivity contribution in [3.63, 3.8) is 0 Å². The second kappa shape index (κ2) is 38.0. The summed E-state index contributed by atoms with van der Waals surface area (Å²) < 4.78 is 34.4. The summed E-state index contributed by atoms with van der Waals surface area (Å²) in [5, 5.41) is 104. The van der Waals surface area contributed by atoms with Gasteiger partial charge in [-0.25, -0.2) is 0 Å². The van der Waals surface area contributed by atoms with Crippen LogP contribution in [0.1, 0.15) is 51.4 Å². The lowest BCUT2D eigenvalue weighted by Gasteiger charge is -2.08. The Morgan fingerprint density at radius 2 is 0.716 bits per heavy atom. The lowest BCUT2D eigenvalue weighted by atomic mass is 10.2. The van der Waals surface area contributed by atoms with E-state index in [1.54, 1.807) is 88.5 Å². The molecule has 24 nitrogen and oxygen atoms in total. The number of nitro groups is 3. The van der Waals surface area contributed by atoms with Gasteiger partial charge >= 0.3 is 17.1 Å². The zero-order chi connectivity index (χ0) is 67.0. The van der Waals surface area contributed by atoms with E-state index < -0.39 is 20.5 Å². The standard InChI is InChI=1S/C9H12O3.C9H12O2.2C8H9NO4.2C8H10O2.C7H7NO3.C7H8O/c1-6-4-7(11-2)9(10)8(5-6)12-3;1-3-11-9-6-7(2)4-5-8(9)10;1-5-3-6(9(11)12)8(10)7(4-5)13-2;1-5-3-4-6(10)8(13-2)7(5)9(11)12;1-6-3-4-7(9)5-8(6)10-2;1-6-3-4-7(9)8(5-6)10-2;1-5-2-3-7(9)6(4-5)8(10)11;1-6-2-4-7(8)5-3-6/h4-5,10H,1-3H3;4-6,10H,3H2,1-2H3;2*3-4,10H,1-2H3;2*3-5,9H,1-2H3;2-4,9H,1H3;2-5,8H,1H3. The minimum atomic E-state index is -0.648. The second-order valence-electron chi connectivity index (χ2n) is 18.5. The van der Waals surface area contributed by atoms with Gasteiger partial charge in [0, 0.05) is 23.8 Å². The summed E-state index contributed by atoms with van der Waals surface area (Å²) in [6.07, 6.45) is 0. The van der Waals surface area contributed by atoms with E-state index in [0.29, 0.717) is 46.5 Å². The number of methoxy groups -OCH3 is 6. The first kappa shape index (κ1) is 75.0. The van der Waals surface area contributed by atoms with E-state index in [1.165, 1.54) is 77.5 Å². The highest BCUT2D eigenvalue weighted by atomic mass is 16.6. The number of aryl methyl sites for hydroxylation is 8. The van der Waals surface area contributed by atoms with E-state index >= 15 is 0 Å². The monoisotopic (exact) mass is 1220 g/mol. The van der Waals surface area contributed by atoms with Gasteiger partial charge in [0.15, 0.2) is 51.7 Å². The lowest BCUT2D eigenvalue weighted by Crippen LogP contribution is -1.96. The van der Waals surface area contributed by atoms with Gasteiger partial charge in [-0.2, -0.15) is 0 Å². The van der Waals surface area contributed by atoms with E-state index in [2.05, 4.69) is 0 Å². The average Bonchev–Trinajstić information content (AvgIpc) is 3.18. The molecule has 0 fully saturated rings. The number of nitrogens with zero attached hydrogens (tertiary/aromatic N) is 3. The van der Waals surface area contributed by atoms with Crippen molar-refractivity contribution < 1.29 is 88.8 Å². The molecule has 8 rings (SSSR count). The quantitative estimate of drug-likeness (QED) is 0.0440. The molecule has 0 bridgehead atoms. The van der Waals surface area contributed by atoms with Crippen LogP contribution in [0.4, 0.5) is 17.1 Å². The highest BCUT2D eigenvalue weighted by molar-refractivity contribution is 5.60. The van der Waals surface area contributed by atoms with E-state index in [-0.39, 0.29) is 63.1 Å². The van der Waals surface area contributed by atoms with Crippen molar-refractivity contribution in [1.29, 1.82) is 0 Å². The van der Waals surface area contributed by atoms with Gasteiger partial charge in [-0.15, -0.1) is 0 Å². The van der Waals surface area contributed by atoms with E-state index in [0.717, 1.165) is 33.6 Å². The molecule has 0 unspecified atom stereocenters.